The topological polar surface area (TPSA) is 83.1 Å². The zero-order chi connectivity index (χ0) is 18.9. The van der Waals surface area contributed by atoms with E-state index in [0.717, 1.165) is 4.90 Å². The summed E-state index contributed by atoms with van der Waals surface area (Å²) in [7, 11) is 0. The molecule has 2 aromatic carbocycles. The van der Waals surface area contributed by atoms with Crippen molar-refractivity contribution in [3.8, 4) is 0 Å². The van der Waals surface area contributed by atoms with Crippen molar-refractivity contribution in [2.24, 2.45) is 0 Å². The maximum atomic E-state index is 12.0. The SMILES string of the molecule is O=C(CSc1ccncc1)Nc1ccc(NC(=O)Nc2ccccc2)cc1. The molecule has 0 aliphatic rings. The number of nitrogens with zero attached hydrogens (tertiary/aromatic N) is 1. The molecule has 1 heterocycles. The van der Waals surface area contributed by atoms with Crippen LogP contribution in [-0.2, 0) is 4.79 Å². The van der Waals surface area contributed by atoms with Crippen molar-refractivity contribution in [3.05, 3.63) is 79.1 Å². The minimum atomic E-state index is -0.327. The van der Waals surface area contributed by atoms with Crippen LogP contribution in [-0.4, -0.2) is 22.7 Å². The summed E-state index contributed by atoms with van der Waals surface area (Å²) in [5, 5.41) is 8.32. The number of amides is 3. The lowest BCUT2D eigenvalue weighted by Crippen LogP contribution is -2.19. The summed E-state index contributed by atoms with van der Waals surface area (Å²) in [6.45, 7) is 0. The normalized spacial score (nSPS) is 10.1. The van der Waals surface area contributed by atoms with Crippen molar-refractivity contribution >= 4 is 40.8 Å². The van der Waals surface area contributed by atoms with Gasteiger partial charge in [0, 0.05) is 34.4 Å². The van der Waals surface area contributed by atoms with Crippen LogP contribution in [0, 0.1) is 0 Å². The maximum absolute atomic E-state index is 12.0. The third kappa shape index (κ3) is 6.16. The first-order valence-electron chi connectivity index (χ1n) is 8.25. The molecule has 0 bridgehead atoms. The zero-order valence-electron chi connectivity index (χ0n) is 14.4. The fourth-order valence-corrected chi connectivity index (χ4v) is 2.92. The van der Waals surface area contributed by atoms with E-state index in [0.29, 0.717) is 22.8 Å². The molecule has 3 N–H and O–H groups in total. The molecular weight excluding hydrogens is 360 g/mol. The highest BCUT2D eigenvalue weighted by molar-refractivity contribution is 8.00. The number of hydrogen-bond acceptors (Lipinski definition) is 4. The smallest absolute Gasteiger partial charge is 0.323 e. The summed E-state index contributed by atoms with van der Waals surface area (Å²) >= 11 is 1.44. The quantitative estimate of drug-likeness (QED) is 0.553. The molecule has 0 saturated carbocycles. The third-order valence-corrected chi connectivity index (χ3v) is 4.49. The van der Waals surface area contributed by atoms with Gasteiger partial charge in [0.15, 0.2) is 0 Å². The second-order valence-corrected chi connectivity index (χ2v) is 6.59. The van der Waals surface area contributed by atoms with Crippen LogP contribution in [0.4, 0.5) is 21.9 Å². The molecule has 3 amide bonds. The van der Waals surface area contributed by atoms with Gasteiger partial charge in [0.2, 0.25) is 5.91 Å². The molecule has 3 aromatic rings. The molecule has 7 heteroatoms. The van der Waals surface area contributed by atoms with E-state index in [1.165, 1.54) is 11.8 Å². The van der Waals surface area contributed by atoms with Gasteiger partial charge in [-0.25, -0.2) is 4.79 Å². The molecule has 0 atom stereocenters. The van der Waals surface area contributed by atoms with Gasteiger partial charge < -0.3 is 16.0 Å². The molecule has 0 radical (unpaired) electrons. The lowest BCUT2D eigenvalue weighted by Gasteiger charge is -2.09. The number of pyridine rings is 1. The minimum Gasteiger partial charge on any atom is -0.325 e. The van der Waals surface area contributed by atoms with Crippen LogP contribution in [0.5, 0.6) is 0 Å². The summed E-state index contributed by atoms with van der Waals surface area (Å²) in [6, 6.07) is 19.5. The largest absolute Gasteiger partial charge is 0.325 e. The Morgan fingerprint density at radius 3 is 1.93 bits per heavy atom. The van der Waals surface area contributed by atoms with Gasteiger partial charge in [0.05, 0.1) is 5.75 Å². The number of carbonyl (C=O) groups is 2. The Morgan fingerprint density at radius 1 is 0.741 bits per heavy atom. The van der Waals surface area contributed by atoms with E-state index in [9.17, 15) is 9.59 Å². The maximum Gasteiger partial charge on any atom is 0.323 e. The van der Waals surface area contributed by atoms with Crippen LogP contribution in [0.25, 0.3) is 0 Å². The summed E-state index contributed by atoms with van der Waals surface area (Å²) in [5.74, 6) is 0.211. The molecule has 136 valence electrons. The Balaban J connectivity index is 1.46. The van der Waals surface area contributed by atoms with E-state index < -0.39 is 0 Å². The van der Waals surface area contributed by atoms with Crippen molar-refractivity contribution in [1.29, 1.82) is 0 Å². The van der Waals surface area contributed by atoms with Crippen LogP contribution < -0.4 is 16.0 Å². The Bertz CT molecular complexity index is 887. The first-order valence-corrected chi connectivity index (χ1v) is 9.23. The molecule has 0 aliphatic heterocycles. The fourth-order valence-electron chi connectivity index (χ4n) is 2.23. The van der Waals surface area contributed by atoms with Gasteiger partial charge in [0.25, 0.3) is 0 Å². The van der Waals surface area contributed by atoms with Gasteiger partial charge in [-0.05, 0) is 48.5 Å². The Morgan fingerprint density at radius 2 is 1.30 bits per heavy atom. The monoisotopic (exact) mass is 378 g/mol. The third-order valence-electron chi connectivity index (χ3n) is 3.48. The number of rotatable bonds is 6. The van der Waals surface area contributed by atoms with Crippen molar-refractivity contribution in [2.45, 2.75) is 4.90 Å². The van der Waals surface area contributed by atoms with E-state index in [1.807, 2.05) is 42.5 Å². The van der Waals surface area contributed by atoms with Gasteiger partial charge in [0.1, 0.15) is 0 Å². The predicted octanol–water partition coefficient (Wildman–Crippen LogP) is 4.46. The van der Waals surface area contributed by atoms with E-state index in [2.05, 4.69) is 20.9 Å². The molecule has 0 spiro atoms. The number of para-hydroxylation sites is 1. The number of aromatic nitrogens is 1. The Kier molecular flexibility index (Phi) is 6.43. The number of urea groups is 1. The van der Waals surface area contributed by atoms with Crippen LogP contribution >= 0.6 is 11.8 Å². The van der Waals surface area contributed by atoms with Crippen LogP contribution in [0.3, 0.4) is 0 Å². The van der Waals surface area contributed by atoms with E-state index in [-0.39, 0.29) is 11.9 Å². The van der Waals surface area contributed by atoms with Crippen LogP contribution in [0.2, 0.25) is 0 Å². The molecule has 3 rings (SSSR count). The molecule has 0 aliphatic carbocycles. The second-order valence-electron chi connectivity index (χ2n) is 5.54. The van der Waals surface area contributed by atoms with Gasteiger partial charge in [-0.2, -0.15) is 0 Å². The average Bonchev–Trinajstić information content (AvgIpc) is 2.69. The first-order chi connectivity index (χ1) is 13.2. The van der Waals surface area contributed by atoms with E-state index >= 15 is 0 Å². The van der Waals surface area contributed by atoms with Crippen molar-refractivity contribution in [2.75, 3.05) is 21.7 Å². The lowest BCUT2D eigenvalue weighted by atomic mass is 10.3. The molecule has 6 nitrogen and oxygen atoms in total. The summed E-state index contributed by atoms with van der Waals surface area (Å²) < 4.78 is 0. The summed E-state index contributed by atoms with van der Waals surface area (Å²) in [4.78, 5) is 28.9. The zero-order valence-corrected chi connectivity index (χ0v) is 15.2. The highest BCUT2D eigenvalue weighted by atomic mass is 32.2. The second kappa shape index (κ2) is 9.40. The number of carbonyl (C=O) groups excluding carboxylic acids is 2. The number of benzene rings is 2. The number of nitrogens with one attached hydrogen (secondary N) is 3. The van der Waals surface area contributed by atoms with E-state index in [4.69, 9.17) is 0 Å². The minimum absolute atomic E-state index is 0.0978. The predicted molar refractivity (Wildman–Crippen MR) is 109 cm³/mol. The molecule has 27 heavy (non-hydrogen) atoms. The molecule has 0 fully saturated rings. The summed E-state index contributed by atoms with van der Waals surface area (Å²) in [6.07, 6.45) is 3.39. The highest BCUT2D eigenvalue weighted by Gasteiger charge is 2.05. The lowest BCUT2D eigenvalue weighted by molar-refractivity contribution is -0.113. The van der Waals surface area contributed by atoms with Gasteiger partial charge in [-0.15, -0.1) is 11.8 Å². The highest BCUT2D eigenvalue weighted by Crippen LogP contribution is 2.18. The number of hydrogen-bond donors (Lipinski definition) is 3. The number of thioether (sulfide) groups is 1. The van der Waals surface area contributed by atoms with Crippen LogP contribution in [0.1, 0.15) is 0 Å². The average molecular weight is 378 g/mol. The van der Waals surface area contributed by atoms with Crippen molar-refractivity contribution < 1.29 is 9.59 Å². The standard InChI is InChI=1S/C20H18N4O2S/c25-19(14-27-18-10-12-21-13-11-18)22-16-6-8-17(9-7-16)24-20(26)23-15-4-2-1-3-5-15/h1-13H,14H2,(H,22,25)(H2,23,24,26). The molecule has 0 unspecified atom stereocenters. The van der Waals surface area contributed by atoms with E-state index in [1.54, 1.807) is 36.7 Å². The van der Waals surface area contributed by atoms with Gasteiger partial charge in [-0.3, -0.25) is 9.78 Å². The summed E-state index contributed by atoms with van der Waals surface area (Å²) in [5.41, 5.74) is 2.02. The molecule has 0 saturated heterocycles. The van der Waals surface area contributed by atoms with Gasteiger partial charge >= 0.3 is 6.03 Å². The van der Waals surface area contributed by atoms with Gasteiger partial charge in [-0.1, -0.05) is 18.2 Å². The van der Waals surface area contributed by atoms with Crippen molar-refractivity contribution in [3.63, 3.8) is 0 Å². The van der Waals surface area contributed by atoms with Crippen molar-refractivity contribution in [1.82, 2.24) is 4.98 Å². The Labute approximate surface area is 161 Å². The fraction of sp³-hybridized carbons (Fsp3) is 0.0500. The molecular formula is C20H18N4O2S. The van der Waals surface area contributed by atoms with Crippen LogP contribution in [0.15, 0.2) is 84.0 Å². The Hall–Kier alpha value is -3.32. The molecule has 1 aromatic heterocycles. The number of anilines is 3. The first kappa shape index (κ1) is 18.5.